The third kappa shape index (κ3) is 7.01. The molecule has 0 amide bonds. The van der Waals surface area contributed by atoms with Gasteiger partial charge in [-0.2, -0.15) is 9.97 Å². The van der Waals surface area contributed by atoms with E-state index in [0.29, 0.717) is 18.0 Å². The summed E-state index contributed by atoms with van der Waals surface area (Å²) >= 11 is 0. The molecule has 2 N–H and O–H groups in total. The Kier molecular flexibility index (Phi) is 9.69. The highest BCUT2D eigenvalue weighted by Crippen LogP contribution is 2.38. The van der Waals surface area contributed by atoms with Gasteiger partial charge in [-0.1, -0.05) is 125 Å². The molecule has 1 aromatic heterocycles. The Morgan fingerprint density at radius 2 is 1.16 bits per heavy atom. The van der Waals surface area contributed by atoms with Crippen LogP contribution in [-0.2, 0) is 0 Å². The molecule has 0 aliphatic rings. The summed E-state index contributed by atoms with van der Waals surface area (Å²) < 4.78 is 6.14. The average molecular weight is 600 g/mol. The lowest BCUT2D eigenvalue weighted by atomic mass is 9.93. The van der Waals surface area contributed by atoms with Crippen LogP contribution in [0.2, 0.25) is 0 Å². The number of nitrogens with zero attached hydrogens (tertiary/aromatic N) is 3. The Morgan fingerprint density at radius 1 is 0.533 bits per heavy atom. The second kappa shape index (κ2) is 14.4. The van der Waals surface area contributed by atoms with Gasteiger partial charge in [-0.05, 0) is 56.9 Å². The average Bonchev–Trinajstić information content (AvgIpc) is 3.06. The fourth-order valence-electron chi connectivity index (χ4n) is 6.17. The van der Waals surface area contributed by atoms with Crippen molar-refractivity contribution in [1.29, 1.82) is 0 Å². The smallest absolute Gasteiger partial charge is 0.320 e. The largest absolute Gasteiger partial charge is 0.508 e. The first-order valence-electron chi connectivity index (χ1n) is 16.4. The summed E-state index contributed by atoms with van der Waals surface area (Å²) in [4.78, 5) is 14.3. The van der Waals surface area contributed by atoms with Gasteiger partial charge in [-0.25, -0.2) is 4.98 Å². The molecule has 6 rings (SSSR count). The fourth-order valence-corrected chi connectivity index (χ4v) is 6.17. The van der Waals surface area contributed by atoms with Crippen LogP contribution in [0.15, 0.2) is 84.9 Å². The Balaban J connectivity index is 1.31. The third-order valence-electron chi connectivity index (χ3n) is 8.57. The minimum atomic E-state index is -0.109. The third-order valence-corrected chi connectivity index (χ3v) is 8.57. The summed E-state index contributed by atoms with van der Waals surface area (Å²) in [6.07, 6.45) is 12.4. The Hall–Kier alpha value is -4.71. The number of benzene rings is 5. The van der Waals surface area contributed by atoms with Gasteiger partial charge in [-0.15, -0.1) is 0 Å². The van der Waals surface area contributed by atoms with E-state index in [4.69, 9.17) is 14.7 Å². The SMILES string of the molecule is CCCCCCCCCCCCOc1nc(-c2ccc(O)cc2O)nc(-c2cc3c4ccccc4ccc3c3ccccc23)n1. The molecule has 1 heterocycles. The van der Waals surface area contributed by atoms with Crippen molar-refractivity contribution in [3.63, 3.8) is 0 Å². The number of aromatic nitrogens is 3. The van der Waals surface area contributed by atoms with Crippen molar-refractivity contribution in [3.8, 4) is 40.3 Å². The molecule has 0 saturated heterocycles. The topological polar surface area (TPSA) is 88.4 Å². The molecule has 0 fully saturated rings. The predicted octanol–water partition coefficient (Wildman–Crippen LogP) is 10.4. The zero-order valence-corrected chi connectivity index (χ0v) is 26.0. The Labute approximate surface area is 264 Å². The second-order valence-electron chi connectivity index (χ2n) is 11.8. The van der Waals surface area contributed by atoms with E-state index in [1.807, 2.05) is 6.07 Å². The van der Waals surface area contributed by atoms with Crippen LogP contribution < -0.4 is 4.74 Å². The van der Waals surface area contributed by atoms with Gasteiger partial charge in [0.2, 0.25) is 0 Å². The minimum Gasteiger partial charge on any atom is -0.508 e. The maximum Gasteiger partial charge on any atom is 0.320 e. The number of rotatable bonds is 14. The molecule has 0 spiro atoms. The monoisotopic (exact) mass is 599 g/mol. The molecule has 0 atom stereocenters. The minimum absolute atomic E-state index is 0.0321. The summed E-state index contributed by atoms with van der Waals surface area (Å²) in [5, 5.41) is 27.3. The van der Waals surface area contributed by atoms with Crippen molar-refractivity contribution in [2.24, 2.45) is 0 Å². The van der Waals surface area contributed by atoms with Crippen LogP contribution in [0.5, 0.6) is 17.5 Å². The van der Waals surface area contributed by atoms with Gasteiger partial charge in [0.25, 0.3) is 0 Å². The van der Waals surface area contributed by atoms with Crippen molar-refractivity contribution in [2.75, 3.05) is 6.61 Å². The molecular formula is C39H41N3O3. The highest BCUT2D eigenvalue weighted by atomic mass is 16.5. The lowest BCUT2D eigenvalue weighted by Crippen LogP contribution is -2.05. The summed E-state index contributed by atoms with van der Waals surface area (Å²) in [5.74, 6) is 0.617. The van der Waals surface area contributed by atoms with E-state index in [9.17, 15) is 10.2 Å². The molecule has 0 unspecified atom stereocenters. The molecule has 230 valence electrons. The summed E-state index contributed by atoms with van der Waals surface area (Å²) in [7, 11) is 0. The van der Waals surface area contributed by atoms with E-state index in [1.165, 1.54) is 63.5 Å². The molecule has 6 nitrogen and oxygen atoms in total. The number of ether oxygens (including phenoxy) is 1. The van der Waals surface area contributed by atoms with E-state index in [0.717, 1.165) is 50.7 Å². The first kappa shape index (κ1) is 30.3. The van der Waals surface area contributed by atoms with Crippen molar-refractivity contribution in [2.45, 2.75) is 71.1 Å². The van der Waals surface area contributed by atoms with Crippen LogP contribution in [-0.4, -0.2) is 31.8 Å². The van der Waals surface area contributed by atoms with Crippen molar-refractivity contribution in [1.82, 2.24) is 15.0 Å². The molecule has 6 heteroatoms. The summed E-state index contributed by atoms with van der Waals surface area (Å²) in [5.41, 5.74) is 1.26. The quantitative estimate of drug-likeness (QED) is 0.0956. The van der Waals surface area contributed by atoms with Crippen LogP contribution in [0, 0.1) is 0 Å². The number of phenolic OH excluding ortho intramolecular Hbond substituents is 2. The van der Waals surface area contributed by atoms with E-state index in [2.05, 4.69) is 72.6 Å². The van der Waals surface area contributed by atoms with E-state index >= 15 is 0 Å². The molecule has 0 aliphatic heterocycles. The number of aromatic hydroxyl groups is 2. The normalized spacial score (nSPS) is 11.5. The van der Waals surface area contributed by atoms with Gasteiger partial charge in [0.15, 0.2) is 11.6 Å². The second-order valence-corrected chi connectivity index (χ2v) is 11.8. The lowest BCUT2D eigenvalue weighted by molar-refractivity contribution is 0.281. The predicted molar refractivity (Wildman–Crippen MR) is 184 cm³/mol. The Morgan fingerprint density at radius 3 is 1.89 bits per heavy atom. The van der Waals surface area contributed by atoms with Crippen LogP contribution in [0.3, 0.4) is 0 Å². The number of phenols is 2. The van der Waals surface area contributed by atoms with Gasteiger partial charge in [0.1, 0.15) is 11.5 Å². The van der Waals surface area contributed by atoms with Crippen LogP contribution in [0.1, 0.15) is 71.1 Å². The molecule has 0 bridgehead atoms. The zero-order valence-electron chi connectivity index (χ0n) is 26.0. The van der Waals surface area contributed by atoms with Crippen molar-refractivity contribution < 1.29 is 14.9 Å². The van der Waals surface area contributed by atoms with Crippen LogP contribution in [0.25, 0.3) is 55.1 Å². The van der Waals surface area contributed by atoms with Gasteiger partial charge in [0.05, 0.1) is 12.2 Å². The summed E-state index contributed by atoms with van der Waals surface area (Å²) in [6, 6.07) is 27.8. The standard InChI is InChI=1S/C39H41N3O3/c1-2-3-4-5-6-7-8-9-10-15-24-45-39-41-37(33-23-21-28(43)25-36(33)44)40-38(42-39)35-26-34-29-17-12-11-16-27(29)20-22-32(34)30-18-13-14-19-31(30)35/h11-14,16-23,25-26,43-44H,2-10,15,24H2,1H3. The Bertz CT molecular complexity index is 1920. The number of hydrogen-bond acceptors (Lipinski definition) is 6. The molecule has 6 aromatic rings. The van der Waals surface area contributed by atoms with Crippen molar-refractivity contribution in [3.05, 3.63) is 84.9 Å². The maximum absolute atomic E-state index is 10.7. The van der Waals surface area contributed by atoms with Gasteiger partial charge < -0.3 is 14.9 Å². The highest BCUT2D eigenvalue weighted by Gasteiger charge is 2.18. The van der Waals surface area contributed by atoms with Crippen molar-refractivity contribution >= 4 is 32.3 Å². The maximum atomic E-state index is 10.7. The molecular weight excluding hydrogens is 558 g/mol. The molecule has 0 saturated carbocycles. The number of fused-ring (bicyclic) bond motifs is 5. The fraction of sp³-hybridized carbons (Fsp3) is 0.308. The lowest BCUT2D eigenvalue weighted by Gasteiger charge is -2.14. The molecule has 45 heavy (non-hydrogen) atoms. The molecule has 0 radical (unpaired) electrons. The first-order valence-corrected chi connectivity index (χ1v) is 16.4. The van der Waals surface area contributed by atoms with E-state index in [1.54, 1.807) is 6.07 Å². The van der Waals surface area contributed by atoms with E-state index in [-0.39, 0.29) is 23.3 Å². The van der Waals surface area contributed by atoms with Gasteiger partial charge >= 0.3 is 6.01 Å². The van der Waals surface area contributed by atoms with Crippen LogP contribution >= 0.6 is 0 Å². The van der Waals surface area contributed by atoms with E-state index < -0.39 is 0 Å². The number of hydrogen-bond donors (Lipinski definition) is 2. The van der Waals surface area contributed by atoms with Gasteiger partial charge in [0, 0.05) is 11.6 Å². The summed E-state index contributed by atoms with van der Waals surface area (Å²) in [6.45, 7) is 2.76. The zero-order chi connectivity index (χ0) is 31.0. The molecule has 5 aromatic carbocycles. The number of unbranched alkanes of at least 4 members (excludes halogenated alkanes) is 9. The first-order chi connectivity index (χ1) is 22.1. The molecule has 0 aliphatic carbocycles. The van der Waals surface area contributed by atoms with Gasteiger partial charge in [-0.3, -0.25) is 0 Å². The van der Waals surface area contributed by atoms with Crippen LogP contribution in [0.4, 0.5) is 0 Å². The highest BCUT2D eigenvalue weighted by molar-refractivity contribution is 6.20.